The molecule has 0 aliphatic heterocycles. The van der Waals surface area contributed by atoms with Crippen molar-refractivity contribution in [2.45, 2.75) is 13.2 Å². The molecule has 4 rings (SSSR count). The van der Waals surface area contributed by atoms with Crippen molar-refractivity contribution in [1.29, 1.82) is 0 Å². The van der Waals surface area contributed by atoms with Gasteiger partial charge in [0.2, 0.25) is 0 Å². The zero-order valence-corrected chi connectivity index (χ0v) is 17.0. The molecule has 0 bridgehead atoms. The maximum atomic E-state index is 12.6. The van der Waals surface area contributed by atoms with Gasteiger partial charge in [-0.1, -0.05) is 36.4 Å². The number of amides is 3. The van der Waals surface area contributed by atoms with Crippen LogP contribution in [0.25, 0.3) is 10.9 Å². The minimum Gasteiger partial charge on any atom is -0.489 e. The molecule has 0 unspecified atom stereocenters. The van der Waals surface area contributed by atoms with Gasteiger partial charge < -0.3 is 9.47 Å². The second-order valence-corrected chi connectivity index (χ2v) is 6.83. The van der Waals surface area contributed by atoms with Crippen molar-refractivity contribution in [1.82, 2.24) is 15.5 Å². The number of imide groups is 1. The average Bonchev–Trinajstić information content (AvgIpc) is 3.20. The van der Waals surface area contributed by atoms with Crippen LogP contribution in [-0.4, -0.2) is 28.7 Å². The first kappa shape index (κ1) is 21.8. The van der Waals surface area contributed by atoms with Crippen molar-refractivity contribution >= 4 is 28.7 Å². The van der Waals surface area contributed by atoms with E-state index < -0.39 is 18.5 Å². The van der Waals surface area contributed by atoms with Crippen LogP contribution in [0, 0.1) is 0 Å². The standard InChI is InChI=1S/C23H18F2N4O4/c24-22(25)33-19-9-5-4-8-15(19)13-32-16-10-11-18-17(12-16)20(29-28-18)26-23(31)27-21(30)14-6-2-1-3-7-14/h1-12,22H,13H2,(H3,26,27,28,29,30,31). The highest BCUT2D eigenvalue weighted by atomic mass is 19.3. The summed E-state index contributed by atoms with van der Waals surface area (Å²) < 4.78 is 35.4. The molecular formula is C23H18F2N4O4. The number of halogens is 2. The summed E-state index contributed by atoms with van der Waals surface area (Å²) in [6, 6.07) is 18.9. The number of hydrogen-bond acceptors (Lipinski definition) is 5. The average molecular weight is 452 g/mol. The first-order valence-corrected chi connectivity index (χ1v) is 9.80. The Bertz CT molecular complexity index is 1280. The Morgan fingerprint density at radius 2 is 1.76 bits per heavy atom. The summed E-state index contributed by atoms with van der Waals surface area (Å²) in [5.41, 5.74) is 1.40. The highest BCUT2D eigenvalue weighted by Crippen LogP contribution is 2.27. The third-order valence-electron chi connectivity index (χ3n) is 4.61. The number of rotatable bonds is 7. The number of anilines is 1. The second-order valence-electron chi connectivity index (χ2n) is 6.83. The van der Waals surface area contributed by atoms with E-state index in [2.05, 4.69) is 25.6 Å². The summed E-state index contributed by atoms with van der Waals surface area (Å²) in [5.74, 6) is 0.0791. The van der Waals surface area contributed by atoms with Gasteiger partial charge in [-0.05, 0) is 36.4 Å². The molecule has 0 aliphatic rings. The number of carbonyl (C=O) groups excluding carboxylic acids is 2. The molecule has 0 saturated heterocycles. The quantitative estimate of drug-likeness (QED) is 0.377. The molecule has 168 valence electrons. The summed E-state index contributed by atoms with van der Waals surface area (Å²) in [4.78, 5) is 24.4. The van der Waals surface area contributed by atoms with Gasteiger partial charge in [-0.2, -0.15) is 13.9 Å². The monoisotopic (exact) mass is 452 g/mol. The first-order valence-electron chi connectivity index (χ1n) is 9.80. The number of H-pyrrole nitrogens is 1. The fourth-order valence-corrected chi connectivity index (χ4v) is 3.08. The Kier molecular flexibility index (Phi) is 6.44. The number of hydrogen-bond donors (Lipinski definition) is 3. The third-order valence-corrected chi connectivity index (χ3v) is 4.61. The van der Waals surface area contributed by atoms with E-state index in [-0.39, 0.29) is 18.2 Å². The van der Waals surface area contributed by atoms with Gasteiger partial charge in [-0.3, -0.25) is 20.5 Å². The summed E-state index contributed by atoms with van der Waals surface area (Å²) in [6.07, 6.45) is 0. The molecule has 0 spiro atoms. The van der Waals surface area contributed by atoms with Crippen molar-refractivity contribution in [2.24, 2.45) is 0 Å². The van der Waals surface area contributed by atoms with Crippen LogP contribution in [0.3, 0.4) is 0 Å². The molecule has 0 saturated carbocycles. The minimum atomic E-state index is -2.94. The summed E-state index contributed by atoms with van der Waals surface area (Å²) in [5, 5.41) is 12.1. The van der Waals surface area contributed by atoms with Crippen LogP contribution in [0.15, 0.2) is 72.8 Å². The van der Waals surface area contributed by atoms with Crippen LogP contribution in [0.5, 0.6) is 11.5 Å². The third kappa shape index (κ3) is 5.42. The number of para-hydroxylation sites is 1. The summed E-state index contributed by atoms with van der Waals surface area (Å²) in [7, 11) is 0. The lowest BCUT2D eigenvalue weighted by Crippen LogP contribution is -2.34. The summed E-state index contributed by atoms with van der Waals surface area (Å²) >= 11 is 0. The predicted molar refractivity (Wildman–Crippen MR) is 116 cm³/mol. The molecule has 4 aromatic rings. The molecular weight excluding hydrogens is 434 g/mol. The van der Waals surface area contributed by atoms with Crippen molar-refractivity contribution in [3.05, 3.63) is 83.9 Å². The topological polar surface area (TPSA) is 105 Å². The number of nitrogens with zero attached hydrogens (tertiary/aromatic N) is 1. The number of aromatic nitrogens is 2. The molecule has 8 nitrogen and oxygen atoms in total. The van der Waals surface area contributed by atoms with Gasteiger partial charge in [0.25, 0.3) is 5.91 Å². The van der Waals surface area contributed by atoms with Crippen LogP contribution in [0.1, 0.15) is 15.9 Å². The number of aromatic amines is 1. The Labute approximate surface area is 186 Å². The molecule has 3 aromatic carbocycles. The van der Waals surface area contributed by atoms with Crippen LogP contribution in [0.2, 0.25) is 0 Å². The van der Waals surface area contributed by atoms with E-state index in [1.165, 1.54) is 6.07 Å². The number of benzene rings is 3. The smallest absolute Gasteiger partial charge is 0.387 e. The minimum absolute atomic E-state index is 0.0128. The van der Waals surface area contributed by atoms with Crippen LogP contribution in [0.4, 0.5) is 19.4 Å². The fraction of sp³-hybridized carbons (Fsp3) is 0.0870. The highest BCUT2D eigenvalue weighted by Gasteiger charge is 2.14. The molecule has 0 atom stereocenters. The predicted octanol–water partition coefficient (Wildman–Crippen LogP) is 4.71. The summed E-state index contributed by atoms with van der Waals surface area (Å²) in [6.45, 7) is -2.96. The number of carbonyl (C=O) groups is 2. The van der Waals surface area contributed by atoms with Gasteiger partial charge in [-0.15, -0.1) is 0 Å². The van der Waals surface area contributed by atoms with E-state index in [0.717, 1.165) is 0 Å². The number of ether oxygens (including phenoxy) is 2. The van der Waals surface area contributed by atoms with Crippen LogP contribution >= 0.6 is 0 Å². The van der Waals surface area contributed by atoms with Crippen molar-refractivity contribution in [3.63, 3.8) is 0 Å². The van der Waals surface area contributed by atoms with Gasteiger partial charge >= 0.3 is 12.6 Å². The van der Waals surface area contributed by atoms with E-state index in [1.807, 2.05) is 0 Å². The van der Waals surface area contributed by atoms with Crippen molar-refractivity contribution in [2.75, 3.05) is 5.32 Å². The molecule has 0 radical (unpaired) electrons. The van der Waals surface area contributed by atoms with Gasteiger partial charge in [0.05, 0.1) is 5.52 Å². The molecule has 0 fully saturated rings. The molecule has 3 amide bonds. The lowest BCUT2D eigenvalue weighted by molar-refractivity contribution is -0.0508. The number of urea groups is 1. The van der Waals surface area contributed by atoms with Crippen LogP contribution in [-0.2, 0) is 6.61 Å². The maximum absolute atomic E-state index is 12.6. The lowest BCUT2D eigenvalue weighted by atomic mass is 10.2. The molecule has 10 heteroatoms. The van der Waals surface area contributed by atoms with E-state index in [1.54, 1.807) is 66.7 Å². The Hall–Kier alpha value is -4.47. The number of fused-ring (bicyclic) bond motifs is 1. The fourth-order valence-electron chi connectivity index (χ4n) is 3.08. The van der Waals surface area contributed by atoms with E-state index >= 15 is 0 Å². The van der Waals surface area contributed by atoms with Gasteiger partial charge in [0.15, 0.2) is 5.82 Å². The normalized spacial score (nSPS) is 10.8. The maximum Gasteiger partial charge on any atom is 0.387 e. The van der Waals surface area contributed by atoms with Gasteiger partial charge in [-0.25, -0.2) is 4.79 Å². The first-order chi connectivity index (χ1) is 16.0. The Balaban J connectivity index is 1.44. The molecule has 0 aliphatic carbocycles. The number of nitrogens with one attached hydrogen (secondary N) is 3. The Morgan fingerprint density at radius 3 is 2.55 bits per heavy atom. The number of alkyl halides is 2. The zero-order chi connectivity index (χ0) is 23.2. The molecule has 3 N–H and O–H groups in total. The molecule has 33 heavy (non-hydrogen) atoms. The SMILES string of the molecule is O=C(NC(=O)c1ccccc1)Nc1n[nH]c2ccc(OCc3ccccc3OC(F)F)cc12. The Morgan fingerprint density at radius 1 is 1.00 bits per heavy atom. The molecule has 1 aromatic heterocycles. The van der Waals surface area contributed by atoms with Gasteiger partial charge in [0, 0.05) is 16.5 Å². The van der Waals surface area contributed by atoms with E-state index in [0.29, 0.717) is 27.8 Å². The van der Waals surface area contributed by atoms with Crippen molar-refractivity contribution in [3.8, 4) is 11.5 Å². The molecule has 1 heterocycles. The highest BCUT2D eigenvalue weighted by molar-refractivity contribution is 6.09. The van der Waals surface area contributed by atoms with E-state index in [9.17, 15) is 18.4 Å². The lowest BCUT2D eigenvalue weighted by Gasteiger charge is -2.12. The largest absolute Gasteiger partial charge is 0.489 e. The van der Waals surface area contributed by atoms with Gasteiger partial charge in [0.1, 0.15) is 18.1 Å². The second kappa shape index (κ2) is 9.77. The van der Waals surface area contributed by atoms with E-state index in [4.69, 9.17) is 4.74 Å². The van der Waals surface area contributed by atoms with Crippen molar-refractivity contribution < 1.29 is 27.8 Å². The van der Waals surface area contributed by atoms with Crippen LogP contribution < -0.4 is 20.1 Å². The zero-order valence-electron chi connectivity index (χ0n) is 17.0.